The number of carbonyl (C=O) groups is 1. The average Bonchev–Trinajstić information content (AvgIpc) is 2.81. The lowest BCUT2D eigenvalue weighted by atomic mass is 9.78. The normalized spacial score (nSPS) is 20.8. The van der Waals surface area contributed by atoms with Gasteiger partial charge in [0.05, 0.1) is 22.7 Å². The predicted molar refractivity (Wildman–Crippen MR) is 128 cm³/mol. The van der Waals surface area contributed by atoms with Crippen molar-refractivity contribution in [3.05, 3.63) is 80.1 Å². The fourth-order valence-electron chi connectivity index (χ4n) is 5.04. The van der Waals surface area contributed by atoms with Crippen LogP contribution in [-0.2, 0) is 17.1 Å². The molecule has 39 heavy (non-hydrogen) atoms. The van der Waals surface area contributed by atoms with E-state index in [-0.39, 0.29) is 32.0 Å². The number of hydrogen-bond acceptors (Lipinski definition) is 4. The molecule has 2 unspecified atom stereocenters. The number of nitrogens with two attached hydrogens (primary N) is 1. The number of likely N-dealkylation sites (tertiary alicyclic amines) is 1. The summed E-state index contributed by atoms with van der Waals surface area (Å²) >= 11 is 0. The maximum Gasteiger partial charge on any atom is 0.416 e. The van der Waals surface area contributed by atoms with E-state index in [1.54, 1.807) is 6.92 Å². The van der Waals surface area contributed by atoms with Gasteiger partial charge in [-0.3, -0.25) is 14.9 Å². The first-order valence-electron chi connectivity index (χ1n) is 12.1. The highest BCUT2D eigenvalue weighted by Gasteiger charge is 2.45. The van der Waals surface area contributed by atoms with Gasteiger partial charge in [-0.25, -0.2) is 4.39 Å². The zero-order valence-electron chi connectivity index (χ0n) is 21.4. The van der Waals surface area contributed by atoms with Crippen molar-refractivity contribution in [1.82, 2.24) is 4.90 Å². The maximum atomic E-state index is 13.8. The number of nitro groups is 1. The number of aryl methyl sites for hydroxylation is 1. The zero-order chi connectivity index (χ0) is 29.5. The van der Waals surface area contributed by atoms with E-state index in [0.717, 1.165) is 0 Å². The fourth-order valence-corrected chi connectivity index (χ4v) is 5.04. The molecular weight excluding hydrogens is 535 g/mol. The third-order valence-corrected chi connectivity index (χ3v) is 7.44. The summed E-state index contributed by atoms with van der Waals surface area (Å²) < 4.78 is 94.4. The first-order chi connectivity index (χ1) is 17.8. The van der Waals surface area contributed by atoms with Crippen LogP contribution in [0.3, 0.4) is 0 Å². The summed E-state index contributed by atoms with van der Waals surface area (Å²) in [5, 5.41) is 11.1. The van der Waals surface area contributed by atoms with Gasteiger partial charge in [0, 0.05) is 23.3 Å². The molecule has 3 rings (SSSR count). The molecule has 0 bridgehead atoms. The second kappa shape index (κ2) is 10.7. The molecule has 0 aromatic heterocycles. The Morgan fingerprint density at radius 1 is 1.10 bits per heavy atom. The second-order valence-electron chi connectivity index (χ2n) is 10.3. The Hall–Kier alpha value is -3.22. The number of amides is 1. The second-order valence-corrected chi connectivity index (χ2v) is 10.3. The minimum Gasteiger partial charge on any atom is -0.334 e. The van der Waals surface area contributed by atoms with Crippen molar-refractivity contribution in [3.63, 3.8) is 0 Å². The molecule has 0 radical (unpaired) electrons. The van der Waals surface area contributed by atoms with Crippen LogP contribution in [0.2, 0.25) is 0 Å². The average molecular weight is 564 g/mol. The molecule has 2 aromatic carbocycles. The first-order valence-corrected chi connectivity index (χ1v) is 12.1. The third-order valence-electron chi connectivity index (χ3n) is 7.44. The summed E-state index contributed by atoms with van der Waals surface area (Å²) in [6, 6.07) is 4.18. The van der Waals surface area contributed by atoms with Crippen molar-refractivity contribution in [2.75, 3.05) is 13.1 Å². The number of carbonyl (C=O) groups excluding carboxylic acids is 1. The Morgan fingerprint density at radius 2 is 1.67 bits per heavy atom. The van der Waals surface area contributed by atoms with Crippen LogP contribution in [0.5, 0.6) is 0 Å². The number of halogens is 7. The molecule has 4 atom stereocenters. The SMILES string of the molecule is Cc1cc(F)ccc1[C@H]1CC(C[N+](=O)[O-])CCN1C(=O)C(C)(N)[C@H](C)c1cc(C(F)(F)F)cc(C(F)(F)F)c1. The largest absolute Gasteiger partial charge is 0.416 e. The Bertz CT molecular complexity index is 1210. The molecule has 214 valence electrons. The van der Waals surface area contributed by atoms with Crippen LogP contribution in [0.1, 0.15) is 66.5 Å². The van der Waals surface area contributed by atoms with Gasteiger partial charge in [0.15, 0.2) is 0 Å². The van der Waals surface area contributed by atoms with Crippen LogP contribution >= 0.6 is 0 Å². The molecule has 1 aliphatic rings. The molecular formula is C26H28F7N3O3. The molecule has 1 heterocycles. The Labute approximate surface area is 220 Å². The molecule has 1 amide bonds. The Balaban J connectivity index is 2.03. The van der Waals surface area contributed by atoms with Crippen LogP contribution in [0, 0.1) is 28.8 Å². The van der Waals surface area contributed by atoms with Gasteiger partial charge in [0.25, 0.3) is 0 Å². The van der Waals surface area contributed by atoms with E-state index in [1.165, 1.54) is 36.9 Å². The number of nitrogens with zero attached hydrogens (tertiary/aromatic N) is 2. The van der Waals surface area contributed by atoms with Crippen LogP contribution in [0.15, 0.2) is 36.4 Å². The van der Waals surface area contributed by atoms with Gasteiger partial charge in [0.2, 0.25) is 12.5 Å². The third kappa shape index (κ3) is 6.68. The summed E-state index contributed by atoms with van der Waals surface area (Å²) in [7, 11) is 0. The molecule has 1 aliphatic heterocycles. The van der Waals surface area contributed by atoms with E-state index < -0.39 is 69.1 Å². The summed E-state index contributed by atoms with van der Waals surface area (Å²) in [4.78, 5) is 25.8. The summed E-state index contributed by atoms with van der Waals surface area (Å²) in [5.41, 5.74) is 1.93. The van der Waals surface area contributed by atoms with Crippen molar-refractivity contribution < 1.29 is 40.5 Å². The number of alkyl halides is 6. The Morgan fingerprint density at radius 3 is 2.15 bits per heavy atom. The highest BCUT2D eigenvalue weighted by atomic mass is 19.4. The van der Waals surface area contributed by atoms with Gasteiger partial charge in [0.1, 0.15) is 5.82 Å². The molecule has 1 saturated heterocycles. The van der Waals surface area contributed by atoms with Crippen LogP contribution in [0.4, 0.5) is 30.7 Å². The lowest BCUT2D eigenvalue weighted by Gasteiger charge is -2.44. The lowest BCUT2D eigenvalue weighted by molar-refractivity contribution is -0.489. The zero-order valence-corrected chi connectivity index (χ0v) is 21.4. The van der Waals surface area contributed by atoms with E-state index in [0.29, 0.717) is 23.3 Å². The van der Waals surface area contributed by atoms with Crippen molar-refractivity contribution in [2.45, 2.75) is 63.5 Å². The first kappa shape index (κ1) is 30.3. The van der Waals surface area contributed by atoms with Gasteiger partial charge in [-0.1, -0.05) is 13.0 Å². The van der Waals surface area contributed by atoms with E-state index in [9.17, 15) is 45.6 Å². The Kier molecular flexibility index (Phi) is 8.35. The molecule has 2 aromatic rings. The summed E-state index contributed by atoms with van der Waals surface area (Å²) in [6.45, 7) is 3.74. The highest BCUT2D eigenvalue weighted by molar-refractivity contribution is 5.87. The highest BCUT2D eigenvalue weighted by Crippen LogP contribution is 2.42. The number of rotatable bonds is 6. The smallest absolute Gasteiger partial charge is 0.334 e. The number of piperidine rings is 1. The van der Waals surface area contributed by atoms with Gasteiger partial charge in [-0.15, -0.1) is 0 Å². The molecule has 0 spiro atoms. The molecule has 0 aliphatic carbocycles. The van der Waals surface area contributed by atoms with E-state index in [4.69, 9.17) is 5.73 Å². The van der Waals surface area contributed by atoms with Gasteiger partial charge < -0.3 is 10.6 Å². The predicted octanol–water partition coefficient (Wildman–Crippen LogP) is 6.25. The van der Waals surface area contributed by atoms with Gasteiger partial charge in [-0.2, -0.15) is 26.3 Å². The van der Waals surface area contributed by atoms with Crippen molar-refractivity contribution in [1.29, 1.82) is 0 Å². The van der Waals surface area contributed by atoms with Crippen LogP contribution in [-0.4, -0.2) is 34.4 Å². The van der Waals surface area contributed by atoms with Gasteiger partial charge >= 0.3 is 12.4 Å². The van der Waals surface area contributed by atoms with Crippen molar-refractivity contribution in [3.8, 4) is 0 Å². The number of hydrogen-bond donors (Lipinski definition) is 1. The standard InChI is InChI=1S/C26H28F7N3O3/c1-14-8-20(27)4-5-21(14)22-9-16(13-36(38)39)6-7-35(22)23(37)24(3,34)15(2)17-10-18(25(28,29)30)12-19(11-17)26(31,32)33/h4-5,8,10-12,15-16,22H,6-7,9,13,34H2,1-3H3/t15-,16?,22-,24?/m1/s1. The molecule has 1 fully saturated rings. The van der Waals surface area contributed by atoms with Crippen LogP contribution in [0.25, 0.3) is 0 Å². The van der Waals surface area contributed by atoms with E-state index in [1.807, 2.05) is 0 Å². The maximum absolute atomic E-state index is 13.8. The summed E-state index contributed by atoms with van der Waals surface area (Å²) in [5.74, 6) is -3.00. The monoisotopic (exact) mass is 563 g/mol. The minimum absolute atomic E-state index is 0.000659. The van der Waals surface area contributed by atoms with E-state index >= 15 is 0 Å². The molecule has 6 nitrogen and oxygen atoms in total. The minimum atomic E-state index is -5.07. The molecule has 0 saturated carbocycles. The molecule has 13 heteroatoms. The lowest BCUT2D eigenvalue weighted by Crippen LogP contribution is -2.58. The fraction of sp³-hybridized carbons (Fsp3) is 0.500. The number of benzene rings is 2. The topological polar surface area (TPSA) is 89.5 Å². The summed E-state index contributed by atoms with van der Waals surface area (Å²) in [6.07, 6.45) is -9.77. The van der Waals surface area contributed by atoms with Crippen molar-refractivity contribution >= 4 is 5.91 Å². The van der Waals surface area contributed by atoms with E-state index in [2.05, 4.69) is 0 Å². The van der Waals surface area contributed by atoms with Crippen LogP contribution < -0.4 is 5.73 Å². The quantitative estimate of drug-likeness (QED) is 0.256. The van der Waals surface area contributed by atoms with Crippen molar-refractivity contribution in [2.24, 2.45) is 11.7 Å². The van der Waals surface area contributed by atoms with Gasteiger partial charge in [-0.05, 0) is 73.7 Å². The molecule has 2 N–H and O–H groups in total.